The zero-order chi connectivity index (χ0) is 9.84. The van der Waals surface area contributed by atoms with Crippen molar-refractivity contribution in [1.82, 2.24) is 5.48 Å². The van der Waals surface area contributed by atoms with Crippen molar-refractivity contribution < 1.29 is 9.94 Å². The average molecular weight is 202 g/mol. The maximum Gasteiger partial charge on any atom is 0.119 e. The molecule has 0 spiro atoms. The van der Waals surface area contributed by atoms with Crippen LogP contribution in [-0.2, 0) is 6.54 Å². The zero-order valence-corrected chi connectivity index (χ0v) is 8.35. The fourth-order valence-electron chi connectivity index (χ4n) is 1.14. The van der Waals surface area contributed by atoms with Crippen molar-refractivity contribution in [2.45, 2.75) is 13.5 Å². The molecule has 0 fully saturated rings. The predicted octanol–water partition coefficient (Wildman–Crippen LogP) is 2.14. The summed E-state index contributed by atoms with van der Waals surface area (Å²) < 4.78 is 5.07. The molecule has 0 aliphatic rings. The highest BCUT2D eigenvalue weighted by molar-refractivity contribution is 6.32. The Morgan fingerprint density at radius 2 is 2.23 bits per heavy atom. The van der Waals surface area contributed by atoms with Crippen molar-refractivity contribution in [3.05, 3.63) is 28.3 Å². The monoisotopic (exact) mass is 201 g/mol. The first-order chi connectivity index (χ1) is 6.19. The molecule has 0 radical (unpaired) electrons. The summed E-state index contributed by atoms with van der Waals surface area (Å²) in [6.07, 6.45) is 0. The van der Waals surface area contributed by atoms with Gasteiger partial charge in [0, 0.05) is 11.6 Å². The maximum absolute atomic E-state index is 8.55. The van der Waals surface area contributed by atoms with E-state index in [1.165, 1.54) is 0 Å². The van der Waals surface area contributed by atoms with Gasteiger partial charge in [0.05, 0.1) is 7.11 Å². The summed E-state index contributed by atoms with van der Waals surface area (Å²) in [4.78, 5) is 0. The molecular weight excluding hydrogens is 190 g/mol. The van der Waals surface area contributed by atoms with Crippen LogP contribution in [0.4, 0.5) is 0 Å². The fraction of sp³-hybridized carbons (Fsp3) is 0.333. The highest BCUT2D eigenvalue weighted by atomic mass is 35.5. The number of methoxy groups -OCH3 is 1. The Labute approximate surface area is 82.2 Å². The molecule has 0 amide bonds. The molecule has 72 valence electrons. The van der Waals surface area contributed by atoms with Crippen LogP contribution in [0.25, 0.3) is 0 Å². The van der Waals surface area contributed by atoms with Crippen LogP contribution in [0.2, 0.25) is 5.02 Å². The number of hydrogen-bond acceptors (Lipinski definition) is 3. The van der Waals surface area contributed by atoms with Gasteiger partial charge in [0.2, 0.25) is 0 Å². The van der Waals surface area contributed by atoms with E-state index < -0.39 is 0 Å². The van der Waals surface area contributed by atoms with Gasteiger partial charge in [-0.1, -0.05) is 11.6 Å². The number of ether oxygens (including phenoxy) is 1. The van der Waals surface area contributed by atoms with E-state index in [4.69, 9.17) is 21.5 Å². The standard InChI is InChI=1S/C9H12ClNO2/c1-6-3-8(13-2)4-7(5-11-12)9(6)10/h3-4,11-12H,5H2,1-2H3. The Morgan fingerprint density at radius 3 is 2.77 bits per heavy atom. The van der Waals surface area contributed by atoms with Gasteiger partial charge in [-0.15, -0.1) is 0 Å². The third-order valence-electron chi connectivity index (χ3n) is 1.81. The lowest BCUT2D eigenvalue weighted by molar-refractivity contribution is 0.161. The van der Waals surface area contributed by atoms with E-state index in [9.17, 15) is 0 Å². The first-order valence-electron chi connectivity index (χ1n) is 3.89. The SMILES string of the molecule is COc1cc(C)c(Cl)c(CNO)c1. The highest BCUT2D eigenvalue weighted by Crippen LogP contribution is 2.26. The molecule has 1 aromatic rings. The third-order valence-corrected chi connectivity index (χ3v) is 2.35. The number of rotatable bonds is 3. The lowest BCUT2D eigenvalue weighted by Gasteiger charge is -2.08. The van der Waals surface area contributed by atoms with Gasteiger partial charge >= 0.3 is 0 Å². The average Bonchev–Trinajstić information content (AvgIpc) is 2.13. The van der Waals surface area contributed by atoms with Crippen molar-refractivity contribution in [2.75, 3.05) is 7.11 Å². The second-order valence-corrected chi connectivity index (χ2v) is 3.13. The fourth-order valence-corrected chi connectivity index (χ4v) is 1.31. The minimum absolute atomic E-state index is 0.316. The van der Waals surface area contributed by atoms with E-state index in [1.807, 2.05) is 13.0 Å². The lowest BCUT2D eigenvalue weighted by Crippen LogP contribution is -2.07. The summed E-state index contributed by atoms with van der Waals surface area (Å²) in [5, 5.41) is 9.20. The first kappa shape index (κ1) is 10.3. The predicted molar refractivity (Wildman–Crippen MR) is 51.4 cm³/mol. The number of halogens is 1. The van der Waals surface area contributed by atoms with E-state index in [0.29, 0.717) is 11.6 Å². The van der Waals surface area contributed by atoms with E-state index in [2.05, 4.69) is 5.48 Å². The summed E-state index contributed by atoms with van der Waals surface area (Å²) in [6.45, 7) is 2.21. The lowest BCUT2D eigenvalue weighted by atomic mass is 10.1. The van der Waals surface area contributed by atoms with Crippen molar-refractivity contribution in [1.29, 1.82) is 0 Å². The van der Waals surface area contributed by atoms with Gasteiger partial charge in [0.25, 0.3) is 0 Å². The van der Waals surface area contributed by atoms with Crippen LogP contribution in [0, 0.1) is 6.92 Å². The largest absolute Gasteiger partial charge is 0.497 e. The Hall–Kier alpha value is -0.770. The van der Waals surface area contributed by atoms with Crippen LogP contribution in [0.1, 0.15) is 11.1 Å². The Morgan fingerprint density at radius 1 is 1.54 bits per heavy atom. The van der Waals surface area contributed by atoms with Crippen molar-refractivity contribution in [2.24, 2.45) is 0 Å². The van der Waals surface area contributed by atoms with E-state index in [0.717, 1.165) is 16.9 Å². The number of aryl methyl sites for hydroxylation is 1. The Balaban J connectivity index is 3.09. The van der Waals surface area contributed by atoms with Gasteiger partial charge in [0.1, 0.15) is 5.75 Å². The van der Waals surface area contributed by atoms with Gasteiger partial charge in [0.15, 0.2) is 0 Å². The summed E-state index contributed by atoms with van der Waals surface area (Å²) in [5.41, 5.74) is 3.82. The van der Waals surface area contributed by atoms with E-state index >= 15 is 0 Å². The molecular formula is C9H12ClNO2. The van der Waals surface area contributed by atoms with Gasteiger partial charge in [-0.05, 0) is 30.2 Å². The Bertz CT molecular complexity index is 302. The molecule has 4 heteroatoms. The summed E-state index contributed by atoms with van der Waals surface area (Å²) >= 11 is 5.99. The molecule has 0 aliphatic heterocycles. The minimum atomic E-state index is 0.316. The summed E-state index contributed by atoms with van der Waals surface area (Å²) in [7, 11) is 1.60. The molecule has 1 aromatic carbocycles. The molecule has 3 nitrogen and oxygen atoms in total. The quantitative estimate of drug-likeness (QED) is 0.737. The topological polar surface area (TPSA) is 41.5 Å². The van der Waals surface area contributed by atoms with Gasteiger partial charge in [-0.2, -0.15) is 0 Å². The van der Waals surface area contributed by atoms with Crippen LogP contribution < -0.4 is 10.2 Å². The smallest absolute Gasteiger partial charge is 0.119 e. The van der Waals surface area contributed by atoms with Gasteiger partial charge in [-0.3, -0.25) is 0 Å². The number of benzene rings is 1. The van der Waals surface area contributed by atoms with Crippen LogP contribution in [-0.4, -0.2) is 12.3 Å². The Kier molecular flexibility index (Phi) is 3.54. The van der Waals surface area contributed by atoms with Crippen LogP contribution >= 0.6 is 11.6 Å². The van der Waals surface area contributed by atoms with Crippen LogP contribution in [0.15, 0.2) is 12.1 Å². The molecule has 0 aromatic heterocycles. The van der Waals surface area contributed by atoms with Gasteiger partial charge < -0.3 is 9.94 Å². The second kappa shape index (κ2) is 4.46. The molecule has 0 saturated carbocycles. The number of hydroxylamine groups is 1. The summed E-state index contributed by atoms with van der Waals surface area (Å²) in [6, 6.07) is 3.64. The highest BCUT2D eigenvalue weighted by Gasteiger charge is 2.05. The van der Waals surface area contributed by atoms with Crippen molar-refractivity contribution in [3.8, 4) is 5.75 Å². The zero-order valence-electron chi connectivity index (χ0n) is 7.60. The second-order valence-electron chi connectivity index (χ2n) is 2.75. The molecule has 0 saturated heterocycles. The third kappa shape index (κ3) is 2.34. The van der Waals surface area contributed by atoms with Crippen molar-refractivity contribution in [3.63, 3.8) is 0 Å². The summed E-state index contributed by atoms with van der Waals surface area (Å²) in [5.74, 6) is 0.743. The molecule has 0 aliphatic carbocycles. The van der Waals surface area contributed by atoms with E-state index in [1.54, 1.807) is 13.2 Å². The van der Waals surface area contributed by atoms with E-state index in [-0.39, 0.29) is 0 Å². The van der Waals surface area contributed by atoms with Crippen LogP contribution in [0.5, 0.6) is 5.75 Å². The molecule has 0 heterocycles. The normalized spacial score (nSPS) is 10.2. The van der Waals surface area contributed by atoms with Crippen molar-refractivity contribution >= 4 is 11.6 Å². The van der Waals surface area contributed by atoms with Crippen LogP contribution in [0.3, 0.4) is 0 Å². The molecule has 1 rings (SSSR count). The molecule has 0 unspecified atom stereocenters. The molecule has 2 N–H and O–H groups in total. The first-order valence-corrected chi connectivity index (χ1v) is 4.26. The maximum atomic E-state index is 8.55. The number of hydrogen-bond donors (Lipinski definition) is 2. The molecule has 13 heavy (non-hydrogen) atoms. The minimum Gasteiger partial charge on any atom is -0.497 e. The van der Waals surface area contributed by atoms with Gasteiger partial charge in [-0.25, -0.2) is 5.48 Å². The molecule has 0 atom stereocenters. The number of nitrogens with one attached hydrogen (secondary N) is 1. The molecule has 0 bridgehead atoms.